The maximum Gasteiger partial charge on any atom is 0.320 e. The number of nitrogens with one attached hydrogen (secondary N) is 2. The van der Waals surface area contributed by atoms with E-state index in [0.717, 1.165) is 19.3 Å². The molecule has 0 aromatic heterocycles. The second-order valence-corrected chi connectivity index (χ2v) is 5.03. The van der Waals surface area contributed by atoms with Crippen molar-refractivity contribution in [2.45, 2.75) is 37.6 Å². The molecule has 1 aromatic carbocycles. The van der Waals surface area contributed by atoms with Crippen LogP contribution in [0.25, 0.3) is 0 Å². The Labute approximate surface area is 118 Å². The van der Waals surface area contributed by atoms with Gasteiger partial charge in [0.15, 0.2) is 0 Å². The highest BCUT2D eigenvalue weighted by Crippen LogP contribution is 2.27. The summed E-state index contributed by atoms with van der Waals surface area (Å²) >= 11 is 0. The number of hydrogen-bond acceptors (Lipinski definition) is 3. The summed E-state index contributed by atoms with van der Waals surface area (Å²) in [6.07, 6.45) is 4.40. The molecule has 102 valence electrons. The van der Waals surface area contributed by atoms with Crippen LogP contribution >= 0.6 is 0 Å². The van der Waals surface area contributed by atoms with Crippen LogP contribution in [0, 0.1) is 22.7 Å². The van der Waals surface area contributed by atoms with Crippen LogP contribution in [0.1, 0.15) is 37.7 Å². The van der Waals surface area contributed by atoms with Gasteiger partial charge < -0.3 is 10.6 Å². The highest BCUT2D eigenvalue weighted by Gasteiger charge is 2.33. The van der Waals surface area contributed by atoms with Crippen molar-refractivity contribution in [3.8, 4) is 12.1 Å². The Hall–Kier alpha value is -2.53. The zero-order valence-corrected chi connectivity index (χ0v) is 11.1. The predicted octanol–water partition coefficient (Wildman–Crippen LogP) is 2.91. The number of amides is 2. The molecule has 0 bridgehead atoms. The highest BCUT2D eigenvalue weighted by molar-refractivity contribution is 5.90. The first-order valence-electron chi connectivity index (χ1n) is 6.68. The van der Waals surface area contributed by atoms with Crippen LogP contribution in [0.5, 0.6) is 0 Å². The second kappa shape index (κ2) is 6.08. The lowest BCUT2D eigenvalue weighted by Gasteiger charge is -2.31. The van der Waals surface area contributed by atoms with Crippen LogP contribution in [-0.2, 0) is 0 Å². The summed E-state index contributed by atoms with van der Waals surface area (Å²) < 4.78 is 0. The molecule has 0 radical (unpaired) electrons. The molecule has 1 aliphatic rings. The van der Waals surface area contributed by atoms with E-state index in [4.69, 9.17) is 5.26 Å². The Morgan fingerprint density at radius 3 is 2.60 bits per heavy atom. The normalized spacial score (nSPS) is 16.5. The van der Waals surface area contributed by atoms with Crippen molar-refractivity contribution >= 4 is 11.7 Å². The third-order valence-corrected chi connectivity index (χ3v) is 3.52. The number of benzene rings is 1. The summed E-state index contributed by atoms with van der Waals surface area (Å²) in [6.45, 7) is 0. The van der Waals surface area contributed by atoms with Gasteiger partial charge in [-0.15, -0.1) is 0 Å². The van der Waals surface area contributed by atoms with E-state index in [9.17, 15) is 10.1 Å². The van der Waals surface area contributed by atoms with E-state index < -0.39 is 11.6 Å². The number of urea groups is 1. The van der Waals surface area contributed by atoms with Crippen LogP contribution in [0.3, 0.4) is 0 Å². The molecule has 1 aliphatic carbocycles. The molecule has 0 spiro atoms. The first-order chi connectivity index (χ1) is 9.67. The molecule has 0 aliphatic heterocycles. The van der Waals surface area contributed by atoms with Gasteiger partial charge in [0.1, 0.15) is 5.54 Å². The lowest BCUT2D eigenvalue weighted by Crippen LogP contribution is -2.50. The van der Waals surface area contributed by atoms with E-state index in [2.05, 4.69) is 16.7 Å². The number of carbonyl (C=O) groups is 1. The molecule has 2 rings (SSSR count). The zero-order chi connectivity index (χ0) is 14.4. The summed E-state index contributed by atoms with van der Waals surface area (Å²) in [6, 6.07) is 10.5. The van der Waals surface area contributed by atoms with Crippen molar-refractivity contribution in [3.05, 3.63) is 29.8 Å². The minimum atomic E-state index is -0.755. The molecule has 0 heterocycles. The lowest BCUT2D eigenvalue weighted by molar-refractivity contribution is 0.233. The minimum Gasteiger partial charge on any atom is -0.319 e. The summed E-state index contributed by atoms with van der Waals surface area (Å²) in [5.41, 5.74) is 0.274. The van der Waals surface area contributed by atoms with Gasteiger partial charge in [-0.05, 0) is 31.0 Å². The van der Waals surface area contributed by atoms with Gasteiger partial charge in [0.2, 0.25) is 0 Å². The van der Waals surface area contributed by atoms with Crippen LogP contribution < -0.4 is 10.6 Å². The third kappa shape index (κ3) is 3.27. The SMILES string of the molecule is N#Cc1cccc(NC(=O)NC2(C#N)CCCCC2)c1. The maximum absolute atomic E-state index is 12.0. The van der Waals surface area contributed by atoms with Gasteiger partial charge in [-0.1, -0.05) is 25.3 Å². The summed E-state index contributed by atoms with van der Waals surface area (Å²) in [5, 5.41) is 23.6. The fourth-order valence-corrected chi connectivity index (χ4v) is 2.47. The quantitative estimate of drug-likeness (QED) is 0.864. The Morgan fingerprint density at radius 2 is 1.95 bits per heavy atom. The molecular weight excluding hydrogens is 252 g/mol. The molecular formula is C15H16N4O. The summed E-state index contributed by atoms with van der Waals surface area (Å²) in [4.78, 5) is 12.0. The van der Waals surface area contributed by atoms with E-state index in [0.29, 0.717) is 24.1 Å². The average molecular weight is 268 g/mol. The Balaban J connectivity index is 2.01. The zero-order valence-electron chi connectivity index (χ0n) is 11.1. The second-order valence-electron chi connectivity index (χ2n) is 5.03. The van der Waals surface area contributed by atoms with Crippen molar-refractivity contribution in [3.63, 3.8) is 0 Å². The van der Waals surface area contributed by atoms with Gasteiger partial charge in [0.05, 0.1) is 17.7 Å². The fraction of sp³-hybridized carbons (Fsp3) is 0.400. The van der Waals surface area contributed by atoms with E-state index >= 15 is 0 Å². The Kier molecular flexibility index (Phi) is 4.22. The maximum atomic E-state index is 12.0. The standard InChI is InChI=1S/C15H16N4O/c16-10-12-5-4-6-13(9-12)18-14(20)19-15(11-17)7-2-1-3-8-15/h4-6,9H,1-3,7-8H2,(H2,18,19,20). The lowest BCUT2D eigenvalue weighted by atomic mass is 9.83. The van der Waals surface area contributed by atoms with Crippen molar-refractivity contribution in [1.29, 1.82) is 10.5 Å². The number of nitriles is 2. The number of carbonyl (C=O) groups excluding carboxylic acids is 1. The van der Waals surface area contributed by atoms with Crippen LogP contribution in [0.4, 0.5) is 10.5 Å². The first kappa shape index (κ1) is 13.9. The molecule has 2 N–H and O–H groups in total. The number of anilines is 1. The summed E-state index contributed by atoms with van der Waals surface area (Å²) in [5.74, 6) is 0. The van der Waals surface area contributed by atoms with Crippen molar-refractivity contribution in [2.24, 2.45) is 0 Å². The smallest absolute Gasteiger partial charge is 0.319 e. The van der Waals surface area contributed by atoms with Gasteiger partial charge in [0.25, 0.3) is 0 Å². The van der Waals surface area contributed by atoms with Gasteiger partial charge in [-0.25, -0.2) is 4.79 Å². The Morgan fingerprint density at radius 1 is 1.20 bits per heavy atom. The monoisotopic (exact) mass is 268 g/mol. The molecule has 0 atom stereocenters. The topological polar surface area (TPSA) is 88.7 Å². The largest absolute Gasteiger partial charge is 0.320 e. The molecule has 0 saturated heterocycles. The van der Waals surface area contributed by atoms with Gasteiger partial charge >= 0.3 is 6.03 Å². The number of nitrogens with zero attached hydrogens (tertiary/aromatic N) is 2. The van der Waals surface area contributed by atoms with Gasteiger partial charge in [-0.3, -0.25) is 0 Å². The molecule has 2 amide bonds. The number of rotatable bonds is 2. The molecule has 0 unspecified atom stereocenters. The highest BCUT2D eigenvalue weighted by atomic mass is 16.2. The average Bonchev–Trinajstić information content (AvgIpc) is 2.48. The van der Waals surface area contributed by atoms with Gasteiger partial charge in [-0.2, -0.15) is 10.5 Å². The molecule has 5 heteroatoms. The fourth-order valence-electron chi connectivity index (χ4n) is 2.47. The van der Waals surface area contributed by atoms with Crippen molar-refractivity contribution < 1.29 is 4.79 Å². The van der Waals surface area contributed by atoms with E-state index in [1.165, 1.54) is 0 Å². The predicted molar refractivity (Wildman–Crippen MR) is 74.7 cm³/mol. The Bertz CT molecular complexity index is 576. The number of hydrogen-bond donors (Lipinski definition) is 2. The van der Waals surface area contributed by atoms with E-state index in [-0.39, 0.29) is 0 Å². The third-order valence-electron chi connectivity index (χ3n) is 3.52. The summed E-state index contributed by atoms with van der Waals surface area (Å²) in [7, 11) is 0. The molecule has 1 saturated carbocycles. The van der Waals surface area contributed by atoms with E-state index in [1.54, 1.807) is 24.3 Å². The molecule has 1 aromatic rings. The van der Waals surface area contributed by atoms with Gasteiger partial charge in [0, 0.05) is 5.69 Å². The molecule has 20 heavy (non-hydrogen) atoms. The van der Waals surface area contributed by atoms with Crippen LogP contribution in [0.2, 0.25) is 0 Å². The van der Waals surface area contributed by atoms with Crippen molar-refractivity contribution in [1.82, 2.24) is 5.32 Å². The van der Waals surface area contributed by atoms with Crippen LogP contribution in [0.15, 0.2) is 24.3 Å². The van der Waals surface area contributed by atoms with Crippen molar-refractivity contribution in [2.75, 3.05) is 5.32 Å². The molecule has 1 fully saturated rings. The minimum absolute atomic E-state index is 0.400. The van der Waals surface area contributed by atoms with Crippen LogP contribution in [-0.4, -0.2) is 11.6 Å². The molecule has 5 nitrogen and oxygen atoms in total. The van der Waals surface area contributed by atoms with E-state index in [1.807, 2.05) is 6.07 Å². The first-order valence-corrected chi connectivity index (χ1v) is 6.68.